The van der Waals surface area contributed by atoms with Gasteiger partial charge in [-0.25, -0.2) is 9.78 Å². The molecule has 4 amide bonds. The summed E-state index contributed by atoms with van der Waals surface area (Å²) in [6.45, 7) is 3.67. The van der Waals surface area contributed by atoms with Crippen molar-refractivity contribution in [3.63, 3.8) is 0 Å². The maximum Gasteiger partial charge on any atom is 0.319 e. The molecule has 0 spiro atoms. The van der Waals surface area contributed by atoms with E-state index in [0.717, 1.165) is 16.6 Å². The number of ether oxygens (including phenoxy) is 2. The van der Waals surface area contributed by atoms with Crippen LogP contribution in [-0.2, 0) is 16.1 Å². The molecule has 2 N–H and O–H groups in total. The summed E-state index contributed by atoms with van der Waals surface area (Å²) in [5.41, 5.74) is 3.37. The molecular formula is C32H31Cl2N5O5. The number of pyridine rings is 1. The number of morpholine rings is 1. The van der Waals surface area contributed by atoms with Gasteiger partial charge in [0.05, 0.1) is 30.5 Å². The molecule has 0 saturated carbocycles. The van der Waals surface area contributed by atoms with Crippen LogP contribution in [0.1, 0.15) is 21.6 Å². The van der Waals surface area contributed by atoms with Crippen molar-refractivity contribution in [2.45, 2.75) is 13.5 Å². The highest BCUT2D eigenvalue weighted by molar-refractivity contribution is 6.38. The van der Waals surface area contributed by atoms with Gasteiger partial charge in [0.25, 0.3) is 5.91 Å². The lowest BCUT2D eigenvalue weighted by molar-refractivity contribution is -0.117. The van der Waals surface area contributed by atoms with Crippen molar-refractivity contribution in [3.05, 3.63) is 93.6 Å². The van der Waals surface area contributed by atoms with E-state index in [4.69, 9.17) is 32.7 Å². The Morgan fingerprint density at radius 3 is 2.59 bits per heavy atom. The van der Waals surface area contributed by atoms with Crippen LogP contribution in [0.15, 0.2) is 66.7 Å². The number of nitrogens with zero attached hydrogens (tertiary/aromatic N) is 3. The van der Waals surface area contributed by atoms with E-state index in [1.807, 2.05) is 37.3 Å². The lowest BCUT2D eigenvalue weighted by Gasteiger charge is -2.27. The third-order valence-corrected chi connectivity index (χ3v) is 7.94. The molecule has 1 fully saturated rings. The first-order valence-electron chi connectivity index (χ1n) is 14.0. The van der Waals surface area contributed by atoms with Crippen molar-refractivity contribution in [1.29, 1.82) is 0 Å². The molecular weight excluding hydrogens is 605 g/mol. The molecule has 0 bridgehead atoms. The van der Waals surface area contributed by atoms with Gasteiger partial charge in [0.15, 0.2) is 0 Å². The summed E-state index contributed by atoms with van der Waals surface area (Å²) in [5, 5.41) is 6.80. The fourth-order valence-electron chi connectivity index (χ4n) is 4.72. The Balaban J connectivity index is 1.20. The van der Waals surface area contributed by atoms with Crippen molar-refractivity contribution in [3.8, 4) is 5.75 Å². The van der Waals surface area contributed by atoms with E-state index < -0.39 is 11.9 Å². The summed E-state index contributed by atoms with van der Waals surface area (Å²) in [6, 6.07) is 18.9. The normalized spacial score (nSPS) is 13.0. The Hall–Kier alpha value is -4.38. The Morgan fingerprint density at radius 1 is 1.02 bits per heavy atom. The molecule has 1 aromatic heterocycles. The predicted molar refractivity (Wildman–Crippen MR) is 171 cm³/mol. The minimum Gasteiger partial charge on any atom is -0.487 e. The molecule has 4 aromatic rings. The van der Waals surface area contributed by atoms with Crippen LogP contribution in [0.4, 0.5) is 16.2 Å². The molecule has 228 valence electrons. The van der Waals surface area contributed by atoms with Gasteiger partial charge in [-0.1, -0.05) is 47.5 Å². The minimum atomic E-state index is -0.599. The summed E-state index contributed by atoms with van der Waals surface area (Å²) >= 11 is 13.2. The van der Waals surface area contributed by atoms with Crippen LogP contribution < -0.4 is 20.3 Å². The largest absolute Gasteiger partial charge is 0.487 e. The highest BCUT2D eigenvalue weighted by Crippen LogP contribution is 2.35. The first-order valence-corrected chi connectivity index (χ1v) is 14.7. The van der Waals surface area contributed by atoms with Crippen LogP contribution >= 0.6 is 23.2 Å². The van der Waals surface area contributed by atoms with Gasteiger partial charge in [-0.05, 0) is 49.4 Å². The highest BCUT2D eigenvalue weighted by atomic mass is 35.5. The number of fused-ring (bicyclic) bond motifs is 1. The first-order chi connectivity index (χ1) is 21.2. The molecule has 5 rings (SSSR count). The number of para-hydroxylation sites is 1. The van der Waals surface area contributed by atoms with E-state index >= 15 is 0 Å². The van der Waals surface area contributed by atoms with E-state index in [9.17, 15) is 14.4 Å². The zero-order chi connectivity index (χ0) is 31.2. The Morgan fingerprint density at radius 2 is 1.80 bits per heavy atom. The van der Waals surface area contributed by atoms with Gasteiger partial charge < -0.3 is 29.9 Å². The summed E-state index contributed by atoms with van der Waals surface area (Å²) in [4.78, 5) is 46.0. The molecule has 2 heterocycles. The number of benzene rings is 3. The van der Waals surface area contributed by atoms with Gasteiger partial charge >= 0.3 is 6.03 Å². The molecule has 10 nitrogen and oxygen atoms in total. The zero-order valence-electron chi connectivity index (χ0n) is 24.2. The number of rotatable bonds is 8. The number of hydrogen-bond donors (Lipinski definition) is 2. The molecule has 3 aromatic carbocycles. The number of hydrogen-bond acceptors (Lipinski definition) is 6. The van der Waals surface area contributed by atoms with Gasteiger partial charge in [-0.3, -0.25) is 9.59 Å². The molecule has 0 atom stereocenters. The first kappa shape index (κ1) is 31.1. The predicted octanol–water partition coefficient (Wildman–Crippen LogP) is 5.69. The number of nitrogens with one attached hydrogen (secondary N) is 2. The number of carbonyl (C=O) groups is 3. The minimum absolute atomic E-state index is 0.0516. The quantitative estimate of drug-likeness (QED) is 0.257. The smallest absolute Gasteiger partial charge is 0.319 e. The molecule has 44 heavy (non-hydrogen) atoms. The van der Waals surface area contributed by atoms with Crippen molar-refractivity contribution in [2.75, 3.05) is 50.1 Å². The van der Waals surface area contributed by atoms with Gasteiger partial charge in [-0.2, -0.15) is 0 Å². The van der Waals surface area contributed by atoms with E-state index in [2.05, 4.69) is 15.6 Å². The van der Waals surface area contributed by atoms with E-state index in [0.29, 0.717) is 59.6 Å². The second-order valence-corrected chi connectivity index (χ2v) is 11.0. The number of anilines is 2. The van der Waals surface area contributed by atoms with Crippen molar-refractivity contribution in [2.24, 2.45) is 0 Å². The Bertz CT molecular complexity index is 1710. The summed E-state index contributed by atoms with van der Waals surface area (Å²) in [6.07, 6.45) is 0. The lowest BCUT2D eigenvalue weighted by Crippen LogP contribution is -2.41. The monoisotopic (exact) mass is 635 g/mol. The van der Waals surface area contributed by atoms with E-state index in [1.54, 1.807) is 48.3 Å². The summed E-state index contributed by atoms with van der Waals surface area (Å²) in [7, 11) is 1.56. The maximum absolute atomic E-state index is 13.0. The topological polar surface area (TPSA) is 113 Å². The van der Waals surface area contributed by atoms with Crippen molar-refractivity contribution < 1.29 is 23.9 Å². The average molecular weight is 637 g/mol. The highest BCUT2D eigenvalue weighted by Gasteiger charge is 2.21. The molecule has 0 aliphatic carbocycles. The van der Waals surface area contributed by atoms with Gasteiger partial charge in [0, 0.05) is 53.1 Å². The van der Waals surface area contributed by atoms with E-state index in [1.165, 1.54) is 4.90 Å². The average Bonchev–Trinajstić information content (AvgIpc) is 3.03. The number of urea groups is 1. The van der Waals surface area contributed by atoms with Crippen LogP contribution in [0, 0.1) is 6.92 Å². The fraction of sp³-hybridized carbons (Fsp3) is 0.250. The van der Waals surface area contributed by atoms with Crippen LogP contribution in [0.5, 0.6) is 5.75 Å². The number of aryl methyl sites for hydroxylation is 1. The lowest BCUT2D eigenvalue weighted by atomic mass is 10.1. The van der Waals surface area contributed by atoms with Crippen LogP contribution in [0.3, 0.4) is 0 Å². The van der Waals surface area contributed by atoms with Crippen LogP contribution in [0.25, 0.3) is 10.9 Å². The number of amides is 4. The number of carbonyl (C=O) groups excluding carboxylic acids is 3. The van der Waals surface area contributed by atoms with Crippen molar-refractivity contribution in [1.82, 2.24) is 15.2 Å². The molecule has 1 aliphatic rings. The molecule has 0 radical (unpaired) electrons. The van der Waals surface area contributed by atoms with Gasteiger partial charge in [-0.15, -0.1) is 0 Å². The van der Waals surface area contributed by atoms with Crippen LogP contribution in [0.2, 0.25) is 10.0 Å². The van der Waals surface area contributed by atoms with Gasteiger partial charge in [0.2, 0.25) is 5.91 Å². The maximum atomic E-state index is 13.0. The molecule has 1 aliphatic heterocycles. The summed E-state index contributed by atoms with van der Waals surface area (Å²) in [5.74, 6) is 0.0308. The SMILES string of the molecule is Cc1ccc2cccc(OCc3c(Cl)ccc(N(C)C(=O)CNC(=O)Nc4cccc(C(=O)N5CCOCC5)c4)c3Cl)c2n1. The zero-order valence-corrected chi connectivity index (χ0v) is 25.7. The second kappa shape index (κ2) is 13.9. The molecule has 1 saturated heterocycles. The van der Waals surface area contributed by atoms with Gasteiger partial charge in [0.1, 0.15) is 17.9 Å². The summed E-state index contributed by atoms with van der Waals surface area (Å²) < 4.78 is 11.4. The standard InChI is InChI=1S/C32H31Cl2N5O5/c1-20-9-10-21-5-4-8-27(30(21)36-20)44-19-24-25(33)11-12-26(29(24)34)38(2)28(40)18-35-32(42)37-23-7-3-6-22(17-23)31(41)39-13-15-43-16-14-39/h3-12,17H,13-16,18-19H2,1-2H3,(H2,35,37,42). The Kier molecular flexibility index (Phi) is 9.84. The third kappa shape index (κ3) is 7.21. The van der Waals surface area contributed by atoms with Crippen LogP contribution in [-0.4, -0.2) is 67.6 Å². The molecule has 12 heteroatoms. The molecule has 0 unspecified atom stereocenters. The fourth-order valence-corrected chi connectivity index (χ4v) is 5.33. The number of aromatic nitrogens is 1. The number of likely N-dealkylation sites (N-methyl/N-ethyl adjacent to an activating group) is 1. The Labute approximate surface area is 264 Å². The van der Waals surface area contributed by atoms with Crippen molar-refractivity contribution >= 4 is 63.3 Å². The van der Waals surface area contributed by atoms with E-state index in [-0.39, 0.29) is 24.1 Å². The number of halogens is 2. The third-order valence-electron chi connectivity index (χ3n) is 7.16. The second-order valence-electron chi connectivity index (χ2n) is 10.2.